The van der Waals surface area contributed by atoms with Crippen molar-refractivity contribution in [3.05, 3.63) is 22.4 Å². The predicted octanol–water partition coefficient (Wildman–Crippen LogP) is 2.27. The summed E-state index contributed by atoms with van der Waals surface area (Å²) < 4.78 is 0. The molecule has 0 bridgehead atoms. The molecule has 1 saturated carbocycles. The van der Waals surface area contributed by atoms with Gasteiger partial charge in [-0.2, -0.15) is 0 Å². The van der Waals surface area contributed by atoms with E-state index in [1.165, 1.54) is 24.1 Å². The minimum absolute atomic E-state index is 0.245. The van der Waals surface area contributed by atoms with E-state index in [9.17, 15) is 0 Å². The molecule has 2 unspecified atom stereocenters. The van der Waals surface area contributed by atoms with Crippen LogP contribution in [0.5, 0.6) is 0 Å². The summed E-state index contributed by atoms with van der Waals surface area (Å²) in [4.78, 5) is 3.85. The van der Waals surface area contributed by atoms with Gasteiger partial charge in [-0.25, -0.2) is 0 Å². The van der Waals surface area contributed by atoms with Crippen molar-refractivity contribution in [3.8, 4) is 0 Å². The summed E-state index contributed by atoms with van der Waals surface area (Å²) in [6.07, 6.45) is 3.74. The summed E-state index contributed by atoms with van der Waals surface area (Å²) in [5, 5.41) is 2.17. The van der Waals surface area contributed by atoms with Gasteiger partial charge in [0.1, 0.15) is 0 Å². The molecule has 0 radical (unpaired) electrons. The average Bonchev–Trinajstić information content (AvgIpc) is 2.87. The first-order valence-corrected chi connectivity index (χ1v) is 6.47. The van der Waals surface area contributed by atoms with Crippen LogP contribution in [-0.4, -0.2) is 31.1 Å². The van der Waals surface area contributed by atoms with Gasteiger partial charge in [0.15, 0.2) is 0 Å². The van der Waals surface area contributed by atoms with E-state index in [-0.39, 0.29) is 5.54 Å². The first-order chi connectivity index (χ1) is 7.18. The summed E-state index contributed by atoms with van der Waals surface area (Å²) in [5.74, 6) is 0.732. The maximum absolute atomic E-state index is 5.95. The van der Waals surface area contributed by atoms with E-state index in [1.807, 2.05) is 11.3 Å². The predicted molar refractivity (Wildman–Crippen MR) is 66.4 cm³/mol. The van der Waals surface area contributed by atoms with Crippen LogP contribution in [0.1, 0.15) is 30.1 Å². The van der Waals surface area contributed by atoms with Crippen molar-refractivity contribution in [1.29, 1.82) is 0 Å². The van der Waals surface area contributed by atoms with Crippen LogP contribution < -0.4 is 5.73 Å². The summed E-state index contributed by atoms with van der Waals surface area (Å²) in [5.41, 5.74) is 6.19. The van der Waals surface area contributed by atoms with Gasteiger partial charge in [0.05, 0.1) is 0 Å². The molecular formula is C12H20N2S. The fourth-order valence-corrected chi connectivity index (χ4v) is 3.51. The zero-order chi connectivity index (χ0) is 10.9. The van der Waals surface area contributed by atoms with E-state index in [4.69, 9.17) is 5.73 Å². The Kier molecular flexibility index (Phi) is 3.14. The van der Waals surface area contributed by atoms with E-state index in [1.54, 1.807) is 0 Å². The maximum atomic E-state index is 5.95. The standard InChI is InChI=1S/C12H20N2S/c1-14(2)12(9-13)6-5-10(8-12)11-4-3-7-15-11/h3-4,7,10H,5-6,8-9,13H2,1-2H3. The highest BCUT2D eigenvalue weighted by Crippen LogP contribution is 2.44. The quantitative estimate of drug-likeness (QED) is 0.853. The third-order valence-corrected chi connectivity index (χ3v) is 4.89. The maximum Gasteiger partial charge on any atom is 0.0332 e. The number of likely N-dealkylation sites (N-methyl/N-ethyl adjacent to an activating group) is 1. The van der Waals surface area contributed by atoms with E-state index in [0.717, 1.165) is 12.5 Å². The van der Waals surface area contributed by atoms with Gasteiger partial charge in [-0.15, -0.1) is 11.3 Å². The summed E-state index contributed by atoms with van der Waals surface area (Å²) in [6, 6.07) is 4.41. The first-order valence-electron chi connectivity index (χ1n) is 5.59. The lowest BCUT2D eigenvalue weighted by Gasteiger charge is -2.35. The van der Waals surface area contributed by atoms with E-state index in [2.05, 4.69) is 36.5 Å². The van der Waals surface area contributed by atoms with Gasteiger partial charge in [-0.05, 0) is 50.7 Å². The third kappa shape index (κ3) is 1.96. The highest BCUT2D eigenvalue weighted by atomic mass is 32.1. The second-order valence-corrected chi connectivity index (χ2v) is 5.76. The minimum atomic E-state index is 0.245. The fraction of sp³-hybridized carbons (Fsp3) is 0.667. The van der Waals surface area contributed by atoms with Crippen LogP contribution in [0.2, 0.25) is 0 Å². The molecule has 1 heterocycles. The Morgan fingerprint density at radius 2 is 2.40 bits per heavy atom. The smallest absolute Gasteiger partial charge is 0.0332 e. The minimum Gasteiger partial charge on any atom is -0.329 e. The molecule has 0 aromatic carbocycles. The van der Waals surface area contributed by atoms with Crippen molar-refractivity contribution < 1.29 is 0 Å². The van der Waals surface area contributed by atoms with Gasteiger partial charge < -0.3 is 10.6 Å². The van der Waals surface area contributed by atoms with E-state index < -0.39 is 0 Å². The SMILES string of the molecule is CN(C)C1(CN)CCC(c2cccs2)C1. The van der Waals surface area contributed by atoms with Gasteiger partial charge in [0.25, 0.3) is 0 Å². The molecule has 1 aromatic rings. The van der Waals surface area contributed by atoms with Crippen LogP contribution in [-0.2, 0) is 0 Å². The van der Waals surface area contributed by atoms with Crippen molar-refractivity contribution in [2.45, 2.75) is 30.7 Å². The van der Waals surface area contributed by atoms with Crippen molar-refractivity contribution >= 4 is 11.3 Å². The molecule has 2 rings (SSSR count). The lowest BCUT2D eigenvalue weighted by Crippen LogP contribution is -2.48. The summed E-state index contributed by atoms with van der Waals surface area (Å²) in [6.45, 7) is 0.780. The lowest BCUT2D eigenvalue weighted by molar-refractivity contribution is 0.165. The molecule has 1 fully saturated rings. The lowest BCUT2D eigenvalue weighted by atomic mass is 9.94. The van der Waals surface area contributed by atoms with Gasteiger partial charge in [-0.1, -0.05) is 6.07 Å². The van der Waals surface area contributed by atoms with Crippen LogP contribution >= 0.6 is 11.3 Å². The summed E-state index contributed by atoms with van der Waals surface area (Å²) >= 11 is 1.88. The van der Waals surface area contributed by atoms with Gasteiger partial charge in [0, 0.05) is 17.0 Å². The molecule has 84 valence electrons. The van der Waals surface area contributed by atoms with E-state index >= 15 is 0 Å². The molecule has 1 aromatic heterocycles. The number of hydrogen-bond donors (Lipinski definition) is 1. The molecule has 0 saturated heterocycles. The monoisotopic (exact) mass is 224 g/mol. The van der Waals surface area contributed by atoms with Crippen molar-refractivity contribution in [1.82, 2.24) is 4.90 Å². The van der Waals surface area contributed by atoms with Gasteiger partial charge >= 0.3 is 0 Å². The number of nitrogens with two attached hydrogens (primary N) is 1. The van der Waals surface area contributed by atoms with Crippen molar-refractivity contribution in [2.24, 2.45) is 5.73 Å². The third-order valence-electron chi connectivity index (χ3n) is 3.86. The first kappa shape index (κ1) is 11.1. The van der Waals surface area contributed by atoms with Gasteiger partial charge in [-0.3, -0.25) is 0 Å². The van der Waals surface area contributed by atoms with Gasteiger partial charge in [0.2, 0.25) is 0 Å². The van der Waals surface area contributed by atoms with Crippen LogP contribution in [0.3, 0.4) is 0 Å². The second-order valence-electron chi connectivity index (χ2n) is 4.78. The fourth-order valence-electron chi connectivity index (χ4n) is 2.65. The highest BCUT2D eigenvalue weighted by Gasteiger charge is 2.40. The number of hydrogen-bond acceptors (Lipinski definition) is 3. The number of thiophene rings is 1. The van der Waals surface area contributed by atoms with E-state index in [0.29, 0.717) is 0 Å². The zero-order valence-corrected chi connectivity index (χ0v) is 10.4. The molecule has 0 amide bonds. The second kappa shape index (κ2) is 4.24. The molecule has 2 nitrogen and oxygen atoms in total. The molecule has 2 N–H and O–H groups in total. The summed E-state index contributed by atoms with van der Waals surface area (Å²) in [7, 11) is 4.31. The molecule has 0 aliphatic heterocycles. The Hall–Kier alpha value is -0.380. The highest BCUT2D eigenvalue weighted by molar-refractivity contribution is 7.10. The average molecular weight is 224 g/mol. The zero-order valence-electron chi connectivity index (χ0n) is 9.57. The number of rotatable bonds is 3. The topological polar surface area (TPSA) is 29.3 Å². The molecule has 15 heavy (non-hydrogen) atoms. The number of nitrogens with zero attached hydrogens (tertiary/aromatic N) is 1. The molecule has 3 heteroatoms. The van der Waals surface area contributed by atoms with Crippen LogP contribution in [0, 0.1) is 0 Å². The Morgan fingerprint density at radius 1 is 1.60 bits per heavy atom. The molecule has 1 aliphatic carbocycles. The van der Waals surface area contributed by atoms with Crippen LogP contribution in [0.4, 0.5) is 0 Å². The largest absolute Gasteiger partial charge is 0.329 e. The molecule has 2 atom stereocenters. The normalized spacial score (nSPS) is 31.3. The Balaban J connectivity index is 2.11. The van der Waals surface area contributed by atoms with Crippen LogP contribution in [0.15, 0.2) is 17.5 Å². The van der Waals surface area contributed by atoms with Crippen molar-refractivity contribution in [3.63, 3.8) is 0 Å². The van der Waals surface area contributed by atoms with Crippen LogP contribution in [0.25, 0.3) is 0 Å². The Bertz CT molecular complexity index is 307. The molecule has 1 aliphatic rings. The molecular weight excluding hydrogens is 204 g/mol. The Morgan fingerprint density at radius 3 is 2.87 bits per heavy atom. The molecule has 0 spiro atoms. The van der Waals surface area contributed by atoms with Crippen molar-refractivity contribution in [2.75, 3.05) is 20.6 Å². The Labute approximate surface area is 96.1 Å².